The normalized spacial score (nSPS) is 10.9. The van der Waals surface area contributed by atoms with Crippen molar-refractivity contribution in [1.29, 1.82) is 0 Å². The maximum absolute atomic E-state index is 13.4. The predicted octanol–water partition coefficient (Wildman–Crippen LogP) is 4.31. The number of aromatic nitrogens is 4. The van der Waals surface area contributed by atoms with Crippen LogP contribution in [0.4, 0.5) is 10.1 Å². The topological polar surface area (TPSA) is 69.4 Å². The second-order valence-corrected chi connectivity index (χ2v) is 5.33. The lowest BCUT2D eigenvalue weighted by Gasteiger charge is -2.01. The third kappa shape index (κ3) is 2.44. The maximum Gasteiger partial charge on any atom is 0.158 e. The Morgan fingerprint density at radius 1 is 1.12 bits per heavy atom. The van der Waals surface area contributed by atoms with Gasteiger partial charge in [-0.3, -0.25) is 5.10 Å². The molecule has 0 saturated carbocycles. The highest BCUT2D eigenvalue weighted by molar-refractivity contribution is 5.85. The minimum Gasteiger partial charge on any atom is -0.359 e. The molecule has 0 fully saturated rings. The van der Waals surface area contributed by atoms with Crippen LogP contribution in [0.5, 0.6) is 0 Å². The Labute approximate surface area is 137 Å². The van der Waals surface area contributed by atoms with Crippen LogP contribution in [0.25, 0.3) is 33.7 Å². The van der Waals surface area contributed by atoms with E-state index in [0.717, 1.165) is 33.5 Å². The van der Waals surface area contributed by atoms with Crippen LogP contribution in [0.2, 0.25) is 0 Å². The monoisotopic (exact) mass is 319 g/mol. The number of hydrogen-bond donors (Lipinski definition) is 3. The summed E-state index contributed by atoms with van der Waals surface area (Å²) in [6, 6.07) is 12.3. The number of aromatic amines is 2. The zero-order chi connectivity index (χ0) is 16.5. The summed E-state index contributed by atoms with van der Waals surface area (Å²) in [5.74, 6) is 0.416. The summed E-state index contributed by atoms with van der Waals surface area (Å²) < 4.78 is 13.4. The van der Waals surface area contributed by atoms with Crippen molar-refractivity contribution in [2.24, 2.45) is 0 Å². The molecule has 2 aromatic carbocycles. The van der Waals surface area contributed by atoms with Gasteiger partial charge in [0.25, 0.3) is 0 Å². The van der Waals surface area contributed by atoms with Gasteiger partial charge >= 0.3 is 0 Å². The Morgan fingerprint density at radius 3 is 2.83 bits per heavy atom. The largest absolute Gasteiger partial charge is 0.359 e. The molecule has 2 aromatic heterocycles. The first kappa shape index (κ1) is 14.2. The molecule has 118 valence electrons. The molecule has 0 aliphatic carbocycles. The molecule has 0 bridgehead atoms. The first-order valence-electron chi connectivity index (χ1n) is 7.41. The van der Waals surface area contributed by atoms with Gasteiger partial charge in [0.15, 0.2) is 5.82 Å². The zero-order valence-electron chi connectivity index (χ0n) is 12.7. The van der Waals surface area contributed by atoms with Gasteiger partial charge in [-0.25, -0.2) is 9.37 Å². The molecule has 3 N–H and O–H groups in total. The summed E-state index contributed by atoms with van der Waals surface area (Å²) in [4.78, 5) is 7.85. The Bertz CT molecular complexity index is 1030. The van der Waals surface area contributed by atoms with Gasteiger partial charge in [0.2, 0.25) is 0 Å². The van der Waals surface area contributed by atoms with Crippen LogP contribution in [0, 0.1) is 5.82 Å². The number of anilines is 1. The van der Waals surface area contributed by atoms with E-state index >= 15 is 0 Å². The van der Waals surface area contributed by atoms with Crippen LogP contribution >= 0.6 is 0 Å². The molecule has 4 aromatic rings. The molecule has 0 spiro atoms. The molecule has 0 aliphatic rings. The van der Waals surface area contributed by atoms with E-state index in [9.17, 15) is 4.39 Å². The number of nitrogens with zero attached hydrogens (tertiary/aromatic N) is 2. The van der Waals surface area contributed by atoms with Crippen LogP contribution in [0.15, 0.2) is 61.4 Å². The van der Waals surface area contributed by atoms with Gasteiger partial charge in [-0.05, 0) is 41.6 Å². The van der Waals surface area contributed by atoms with E-state index in [2.05, 4.69) is 32.1 Å². The van der Waals surface area contributed by atoms with Gasteiger partial charge in [-0.2, -0.15) is 5.10 Å². The highest BCUT2D eigenvalue weighted by Gasteiger charge is 2.12. The molecular formula is C18H14FN5. The molecule has 4 rings (SSSR count). The number of fused-ring (bicyclic) bond motifs is 1. The van der Waals surface area contributed by atoms with Gasteiger partial charge in [-0.1, -0.05) is 24.8 Å². The van der Waals surface area contributed by atoms with Crippen molar-refractivity contribution in [3.05, 3.63) is 67.3 Å². The van der Waals surface area contributed by atoms with Crippen molar-refractivity contribution >= 4 is 16.7 Å². The maximum atomic E-state index is 13.4. The fourth-order valence-electron chi connectivity index (χ4n) is 2.66. The minimum absolute atomic E-state index is 0.254. The lowest BCUT2D eigenvalue weighted by Crippen LogP contribution is -1.89. The predicted molar refractivity (Wildman–Crippen MR) is 92.9 cm³/mol. The third-order valence-electron chi connectivity index (χ3n) is 3.77. The average molecular weight is 319 g/mol. The second kappa shape index (κ2) is 5.66. The molecule has 6 heteroatoms. The fourth-order valence-corrected chi connectivity index (χ4v) is 2.66. The highest BCUT2D eigenvalue weighted by Crippen LogP contribution is 2.28. The van der Waals surface area contributed by atoms with E-state index in [1.54, 1.807) is 18.5 Å². The SMILES string of the molecule is C=CNc1cn[nH]c1-c1nc2ccc(-c3cccc(F)c3)cc2[nH]1. The average Bonchev–Trinajstić information content (AvgIpc) is 3.20. The Kier molecular flexibility index (Phi) is 3.35. The molecule has 0 radical (unpaired) electrons. The van der Waals surface area contributed by atoms with Gasteiger partial charge in [-0.15, -0.1) is 0 Å². The number of nitrogens with one attached hydrogen (secondary N) is 3. The first-order chi connectivity index (χ1) is 11.7. The van der Waals surface area contributed by atoms with E-state index in [1.165, 1.54) is 12.1 Å². The quantitative estimate of drug-likeness (QED) is 0.525. The minimum atomic E-state index is -0.254. The number of benzene rings is 2. The molecule has 0 aliphatic heterocycles. The Morgan fingerprint density at radius 2 is 2.00 bits per heavy atom. The molecule has 5 nitrogen and oxygen atoms in total. The van der Waals surface area contributed by atoms with E-state index in [-0.39, 0.29) is 5.82 Å². The summed E-state index contributed by atoms with van der Waals surface area (Å²) in [6.45, 7) is 3.65. The Balaban J connectivity index is 1.79. The molecule has 2 heterocycles. The van der Waals surface area contributed by atoms with Crippen molar-refractivity contribution < 1.29 is 4.39 Å². The number of rotatable bonds is 4. The molecule has 24 heavy (non-hydrogen) atoms. The summed E-state index contributed by atoms with van der Waals surface area (Å²) in [5, 5.41) is 9.95. The molecular weight excluding hydrogens is 305 g/mol. The molecule has 0 amide bonds. The van der Waals surface area contributed by atoms with Gasteiger partial charge in [0, 0.05) is 0 Å². The lowest BCUT2D eigenvalue weighted by atomic mass is 10.1. The van der Waals surface area contributed by atoms with Crippen LogP contribution < -0.4 is 5.32 Å². The van der Waals surface area contributed by atoms with Crippen molar-refractivity contribution in [1.82, 2.24) is 20.2 Å². The number of halogens is 1. The molecule has 0 saturated heterocycles. The lowest BCUT2D eigenvalue weighted by molar-refractivity contribution is 0.628. The summed E-state index contributed by atoms with van der Waals surface area (Å²) in [7, 11) is 0. The third-order valence-corrected chi connectivity index (χ3v) is 3.77. The van der Waals surface area contributed by atoms with Crippen LogP contribution in [-0.2, 0) is 0 Å². The van der Waals surface area contributed by atoms with Crippen LogP contribution in [0.3, 0.4) is 0 Å². The molecule has 0 unspecified atom stereocenters. The molecule has 0 atom stereocenters. The van der Waals surface area contributed by atoms with Crippen LogP contribution in [-0.4, -0.2) is 20.2 Å². The van der Waals surface area contributed by atoms with Crippen molar-refractivity contribution in [2.75, 3.05) is 5.32 Å². The number of imidazole rings is 1. The zero-order valence-corrected chi connectivity index (χ0v) is 12.7. The van der Waals surface area contributed by atoms with Crippen molar-refractivity contribution in [3.8, 4) is 22.6 Å². The Hall–Kier alpha value is -3.41. The van der Waals surface area contributed by atoms with Gasteiger partial charge in [0.05, 0.1) is 22.9 Å². The second-order valence-electron chi connectivity index (χ2n) is 5.33. The van der Waals surface area contributed by atoms with E-state index in [0.29, 0.717) is 5.82 Å². The standard InChI is InChI=1S/C18H14FN5/c1-2-20-16-10-21-24-17(16)18-22-14-7-6-12(9-15(14)23-18)11-4-3-5-13(19)8-11/h2-10,20H,1H2,(H,21,24)(H,22,23). The van der Waals surface area contributed by atoms with Crippen LogP contribution in [0.1, 0.15) is 0 Å². The summed E-state index contributed by atoms with van der Waals surface area (Å²) in [5.41, 5.74) is 4.97. The van der Waals surface area contributed by atoms with E-state index in [1.807, 2.05) is 24.3 Å². The smallest absolute Gasteiger partial charge is 0.158 e. The number of hydrogen-bond acceptors (Lipinski definition) is 3. The van der Waals surface area contributed by atoms with Gasteiger partial charge in [0.1, 0.15) is 11.5 Å². The van der Waals surface area contributed by atoms with E-state index < -0.39 is 0 Å². The van der Waals surface area contributed by atoms with E-state index in [4.69, 9.17) is 0 Å². The van der Waals surface area contributed by atoms with Gasteiger partial charge < -0.3 is 10.3 Å². The number of H-pyrrole nitrogens is 2. The fraction of sp³-hybridized carbons (Fsp3) is 0. The highest BCUT2D eigenvalue weighted by atomic mass is 19.1. The first-order valence-corrected chi connectivity index (χ1v) is 7.41. The summed E-state index contributed by atoms with van der Waals surface area (Å²) >= 11 is 0. The summed E-state index contributed by atoms with van der Waals surface area (Å²) in [6.07, 6.45) is 3.25. The van der Waals surface area contributed by atoms with Crippen molar-refractivity contribution in [3.63, 3.8) is 0 Å². The van der Waals surface area contributed by atoms with Crippen molar-refractivity contribution in [2.45, 2.75) is 0 Å².